The highest BCUT2D eigenvalue weighted by molar-refractivity contribution is 5.78. The molecule has 3 rings (SSSR count). The van der Waals surface area contributed by atoms with Gasteiger partial charge >= 0.3 is 0 Å². The molecule has 1 fully saturated rings. The lowest BCUT2D eigenvalue weighted by Gasteiger charge is -2.31. The van der Waals surface area contributed by atoms with Crippen LogP contribution in [0.3, 0.4) is 0 Å². The Bertz CT molecular complexity index is 641. The van der Waals surface area contributed by atoms with Crippen LogP contribution in [0.25, 0.3) is 0 Å². The number of para-hydroxylation sites is 1. The van der Waals surface area contributed by atoms with Crippen molar-refractivity contribution in [3.05, 3.63) is 60.4 Å². The van der Waals surface area contributed by atoms with E-state index in [2.05, 4.69) is 10.3 Å². The van der Waals surface area contributed by atoms with Crippen LogP contribution in [0.5, 0.6) is 5.75 Å². The number of pyridine rings is 1. The van der Waals surface area contributed by atoms with Gasteiger partial charge in [-0.1, -0.05) is 24.3 Å². The number of hydrogen-bond donors (Lipinski definition) is 1. The summed E-state index contributed by atoms with van der Waals surface area (Å²) in [6.45, 7) is 2.54. The van der Waals surface area contributed by atoms with Gasteiger partial charge in [0.15, 0.2) is 6.61 Å². The van der Waals surface area contributed by atoms with Crippen LogP contribution in [-0.4, -0.2) is 41.5 Å². The van der Waals surface area contributed by atoms with Gasteiger partial charge in [0.05, 0.1) is 12.2 Å². The van der Waals surface area contributed by atoms with Crippen LogP contribution >= 0.6 is 0 Å². The molecular weight excluding hydrogens is 314 g/mol. The van der Waals surface area contributed by atoms with Crippen molar-refractivity contribution >= 4 is 5.91 Å². The highest BCUT2D eigenvalue weighted by Crippen LogP contribution is 2.17. The Hall–Kier alpha value is -2.40. The van der Waals surface area contributed by atoms with E-state index < -0.39 is 0 Å². The third kappa shape index (κ3) is 5.29. The third-order valence-electron chi connectivity index (χ3n) is 4.47. The first-order valence-corrected chi connectivity index (χ1v) is 8.91. The maximum atomic E-state index is 12.9. The molecule has 2 heterocycles. The van der Waals surface area contributed by atoms with Gasteiger partial charge in [-0.3, -0.25) is 9.78 Å². The lowest BCUT2D eigenvalue weighted by atomic mass is 10.1. The van der Waals surface area contributed by atoms with Crippen molar-refractivity contribution in [2.45, 2.75) is 31.8 Å². The van der Waals surface area contributed by atoms with Crippen molar-refractivity contribution in [2.24, 2.45) is 0 Å². The van der Waals surface area contributed by atoms with Crippen LogP contribution in [0.15, 0.2) is 54.7 Å². The summed E-state index contributed by atoms with van der Waals surface area (Å²) >= 11 is 0. The van der Waals surface area contributed by atoms with Crippen molar-refractivity contribution in [1.29, 1.82) is 0 Å². The second-order valence-electron chi connectivity index (χ2n) is 6.28. The molecule has 1 saturated heterocycles. The number of nitrogens with zero attached hydrogens (tertiary/aromatic N) is 2. The van der Waals surface area contributed by atoms with Gasteiger partial charge in [-0.15, -0.1) is 0 Å². The molecule has 1 aliphatic rings. The summed E-state index contributed by atoms with van der Waals surface area (Å²) in [7, 11) is 0. The van der Waals surface area contributed by atoms with E-state index in [-0.39, 0.29) is 18.6 Å². The first kappa shape index (κ1) is 17.4. The Morgan fingerprint density at radius 1 is 1.12 bits per heavy atom. The fraction of sp³-hybridized carbons (Fsp3) is 0.400. The predicted molar refractivity (Wildman–Crippen MR) is 97.2 cm³/mol. The van der Waals surface area contributed by atoms with Gasteiger partial charge < -0.3 is 15.0 Å². The van der Waals surface area contributed by atoms with Crippen molar-refractivity contribution in [3.63, 3.8) is 0 Å². The van der Waals surface area contributed by atoms with Gasteiger partial charge in [-0.25, -0.2) is 0 Å². The fourth-order valence-electron chi connectivity index (χ4n) is 3.14. The Balaban J connectivity index is 1.68. The van der Waals surface area contributed by atoms with Gasteiger partial charge in [0.1, 0.15) is 5.75 Å². The first-order valence-electron chi connectivity index (χ1n) is 8.91. The second-order valence-corrected chi connectivity index (χ2v) is 6.28. The van der Waals surface area contributed by atoms with E-state index in [1.165, 1.54) is 0 Å². The van der Waals surface area contributed by atoms with Crippen LogP contribution in [0.2, 0.25) is 0 Å². The molecule has 2 aromatic rings. The van der Waals surface area contributed by atoms with Crippen molar-refractivity contribution in [2.75, 3.05) is 19.7 Å². The topological polar surface area (TPSA) is 54.5 Å². The van der Waals surface area contributed by atoms with Gasteiger partial charge in [0, 0.05) is 12.2 Å². The Kier molecular flexibility index (Phi) is 6.40. The molecule has 1 unspecified atom stereocenters. The van der Waals surface area contributed by atoms with Crippen LogP contribution in [0.4, 0.5) is 0 Å². The third-order valence-corrected chi connectivity index (χ3v) is 4.47. The molecule has 0 radical (unpaired) electrons. The predicted octanol–water partition coefficient (Wildman–Crippen LogP) is 2.63. The molecular formula is C20H25N3O2. The molecule has 132 valence electrons. The Labute approximate surface area is 149 Å². The highest BCUT2D eigenvalue weighted by atomic mass is 16.5. The number of aromatic nitrogens is 1. The van der Waals surface area contributed by atoms with Gasteiger partial charge in [-0.05, 0) is 56.6 Å². The average molecular weight is 339 g/mol. The summed E-state index contributed by atoms with van der Waals surface area (Å²) in [6.07, 6.45) is 4.82. The number of carbonyl (C=O) groups excluding carboxylic acids is 1. The summed E-state index contributed by atoms with van der Waals surface area (Å²) in [5, 5.41) is 3.41. The minimum Gasteiger partial charge on any atom is -0.484 e. The number of hydrogen-bond acceptors (Lipinski definition) is 4. The quantitative estimate of drug-likeness (QED) is 0.879. The summed E-state index contributed by atoms with van der Waals surface area (Å²) in [4.78, 5) is 19.2. The zero-order valence-corrected chi connectivity index (χ0v) is 14.4. The molecule has 1 aromatic heterocycles. The van der Waals surface area contributed by atoms with Crippen LogP contribution < -0.4 is 10.1 Å². The minimum atomic E-state index is 0.0152. The monoisotopic (exact) mass is 339 g/mol. The Morgan fingerprint density at radius 2 is 1.96 bits per heavy atom. The molecule has 5 nitrogen and oxygen atoms in total. The minimum absolute atomic E-state index is 0.0152. The number of ether oxygens (including phenoxy) is 1. The number of benzene rings is 1. The average Bonchev–Trinajstić information content (AvgIpc) is 2.95. The van der Waals surface area contributed by atoms with E-state index in [0.717, 1.165) is 43.8 Å². The van der Waals surface area contributed by atoms with Gasteiger partial charge in [0.25, 0.3) is 5.91 Å². The molecule has 1 N–H and O–H groups in total. The maximum absolute atomic E-state index is 12.9. The summed E-state index contributed by atoms with van der Waals surface area (Å²) in [6, 6.07) is 15.5. The van der Waals surface area contributed by atoms with Crippen LogP contribution in [0.1, 0.15) is 25.0 Å². The SMILES string of the molecule is O=C(COc1ccccc1)N(Cc1ccccn1)C1CCCNCC1. The molecule has 1 aromatic carbocycles. The molecule has 1 amide bonds. The first-order chi connectivity index (χ1) is 12.3. The van der Waals surface area contributed by atoms with E-state index in [1.54, 1.807) is 6.20 Å². The molecule has 0 bridgehead atoms. The van der Waals surface area contributed by atoms with Crippen molar-refractivity contribution in [3.8, 4) is 5.75 Å². The lowest BCUT2D eigenvalue weighted by Crippen LogP contribution is -2.43. The molecule has 1 atom stereocenters. The normalized spacial score (nSPS) is 17.5. The van der Waals surface area contributed by atoms with Gasteiger partial charge in [0.2, 0.25) is 0 Å². The van der Waals surface area contributed by atoms with Crippen LogP contribution in [-0.2, 0) is 11.3 Å². The fourth-order valence-corrected chi connectivity index (χ4v) is 3.14. The molecule has 1 aliphatic heterocycles. The molecule has 25 heavy (non-hydrogen) atoms. The van der Waals surface area contributed by atoms with Crippen LogP contribution in [0, 0.1) is 0 Å². The van der Waals surface area contributed by atoms with E-state index >= 15 is 0 Å². The summed E-state index contributed by atoms with van der Waals surface area (Å²) < 4.78 is 5.68. The molecule has 5 heteroatoms. The second kappa shape index (κ2) is 9.18. The van der Waals surface area contributed by atoms with Crippen molar-refractivity contribution in [1.82, 2.24) is 15.2 Å². The van der Waals surface area contributed by atoms with E-state index in [4.69, 9.17) is 4.74 Å². The van der Waals surface area contributed by atoms with E-state index in [0.29, 0.717) is 6.54 Å². The zero-order valence-electron chi connectivity index (χ0n) is 14.4. The smallest absolute Gasteiger partial charge is 0.261 e. The standard InChI is InChI=1S/C20H25N3O2/c24-20(16-25-19-9-2-1-3-10-19)23(15-17-7-4-5-13-22-17)18-8-6-12-21-14-11-18/h1-5,7,9-10,13,18,21H,6,8,11-12,14-16H2. The lowest BCUT2D eigenvalue weighted by molar-refractivity contribution is -0.136. The van der Waals surface area contributed by atoms with E-state index in [9.17, 15) is 4.79 Å². The van der Waals surface area contributed by atoms with E-state index in [1.807, 2.05) is 53.4 Å². The zero-order chi connectivity index (χ0) is 17.3. The summed E-state index contributed by atoms with van der Waals surface area (Å²) in [5.74, 6) is 0.734. The van der Waals surface area contributed by atoms with Crippen molar-refractivity contribution < 1.29 is 9.53 Å². The highest BCUT2D eigenvalue weighted by Gasteiger charge is 2.25. The van der Waals surface area contributed by atoms with Gasteiger partial charge in [-0.2, -0.15) is 0 Å². The number of rotatable bonds is 6. The summed E-state index contributed by atoms with van der Waals surface area (Å²) in [5.41, 5.74) is 0.910. The molecule has 0 spiro atoms. The molecule has 0 saturated carbocycles. The maximum Gasteiger partial charge on any atom is 0.261 e. The Morgan fingerprint density at radius 3 is 2.76 bits per heavy atom. The number of amides is 1. The molecule has 0 aliphatic carbocycles. The number of carbonyl (C=O) groups is 1. The number of nitrogens with one attached hydrogen (secondary N) is 1. The largest absolute Gasteiger partial charge is 0.484 e.